The van der Waals surface area contributed by atoms with Gasteiger partial charge in [-0.25, -0.2) is 4.99 Å². The molecule has 0 heterocycles. The molecule has 278 valence electrons. The first-order valence-electron chi connectivity index (χ1n) is 20.6. The molecule has 2 aromatic carbocycles. The molecule has 0 saturated carbocycles. The summed E-state index contributed by atoms with van der Waals surface area (Å²) >= 11 is 0. The minimum atomic E-state index is 0. The number of rotatable bonds is 27. The van der Waals surface area contributed by atoms with Crippen LogP contribution in [0.15, 0.2) is 64.6 Å². The number of hydrogen-bond donors (Lipinski definition) is 0. The molecule has 2 nitrogen and oxygen atoms in total. The smallest absolute Gasteiger partial charge is 0.135 e. The first-order valence-corrected chi connectivity index (χ1v) is 20.6. The Labute approximate surface area is 319 Å². The average molecular weight is 722 g/mol. The molecule has 0 atom stereocenters. The van der Waals surface area contributed by atoms with E-state index in [-0.39, 0.29) is 16.5 Å². The van der Waals surface area contributed by atoms with Crippen LogP contribution >= 0.6 is 0 Å². The summed E-state index contributed by atoms with van der Waals surface area (Å²) in [7, 11) is 0. The quantitative estimate of drug-likeness (QED) is 0.0380. The normalized spacial score (nSPS) is 11.3. The fourth-order valence-electron chi connectivity index (χ4n) is 6.05. The molecule has 0 bridgehead atoms. The van der Waals surface area contributed by atoms with Gasteiger partial charge in [-0.1, -0.05) is 185 Å². The van der Waals surface area contributed by atoms with E-state index < -0.39 is 0 Å². The van der Waals surface area contributed by atoms with E-state index in [1.165, 1.54) is 135 Å². The Morgan fingerprint density at radius 1 is 0.460 bits per heavy atom. The van der Waals surface area contributed by atoms with Crippen molar-refractivity contribution in [1.82, 2.24) is 0 Å². The Morgan fingerprint density at radius 3 is 1.42 bits per heavy atom. The Kier molecular flexibility index (Phi) is 30.5. The molecule has 2 rings (SSSR count). The zero-order chi connectivity index (χ0) is 34.9. The van der Waals surface area contributed by atoms with E-state index in [2.05, 4.69) is 93.0 Å². The molecule has 2 aromatic rings. The van der Waals surface area contributed by atoms with E-state index in [1.54, 1.807) is 0 Å². The van der Waals surface area contributed by atoms with Crippen LogP contribution in [0.5, 0.6) is 0 Å². The molecule has 0 unspecified atom stereocenters. The molecule has 0 spiro atoms. The molecule has 0 fully saturated rings. The van der Waals surface area contributed by atoms with Gasteiger partial charge in [0, 0.05) is 34.9 Å². The minimum absolute atomic E-state index is 0. The summed E-state index contributed by atoms with van der Waals surface area (Å²) in [6, 6.07) is 18.7. The van der Waals surface area contributed by atoms with E-state index in [0.29, 0.717) is 0 Å². The van der Waals surface area contributed by atoms with Gasteiger partial charge in [-0.3, -0.25) is 4.99 Å². The maximum Gasteiger partial charge on any atom is 0.135 e. The van der Waals surface area contributed by atoms with Gasteiger partial charge < -0.3 is 0 Å². The maximum atomic E-state index is 5.11. The van der Waals surface area contributed by atoms with Crippen molar-refractivity contribution in [2.24, 2.45) is 9.98 Å². The topological polar surface area (TPSA) is 24.7 Å². The predicted octanol–water partition coefficient (Wildman–Crippen LogP) is 15.1. The predicted molar refractivity (Wildman–Crippen MR) is 219 cm³/mol. The monoisotopic (exact) mass is 720 g/mol. The molecule has 3 heteroatoms. The Balaban J connectivity index is 0.0000125. The van der Waals surface area contributed by atoms with Gasteiger partial charge in [-0.05, 0) is 68.0 Å². The van der Waals surface area contributed by atoms with E-state index in [1.807, 2.05) is 6.07 Å². The van der Waals surface area contributed by atoms with Crippen molar-refractivity contribution in [3.05, 3.63) is 60.2 Å². The van der Waals surface area contributed by atoms with E-state index in [9.17, 15) is 0 Å². The molecular weight excluding hydrogens is 651 g/mol. The largest absolute Gasteiger partial charge is 0.251 e. The van der Waals surface area contributed by atoms with E-state index in [0.717, 1.165) is 60.5 Å². The SMILES string of the molecule is CCCCCCCC#CC(=Nc1ccc(C#CCCCCCCCCCCCCCC)cc1)C(CCCCCCCC)=Nc1ccccc1.[Ni]. The summed E-state index contributed by atoms with van der Waals surface area (Å²) < 4.78 is 0. The Hall–Kier alpha value is -2.61. The third-order valence-electron chi connectivity index (χ3n) is 9.17. The van der Waals surface area contributed by atoms with Crippen molar-refractivity contribution in [2.75, 3.05) is 0 Å². The van der Waals surface area contributed by atoms with Crippen molar-refractivity contribution >= 4 is 22.8 Å². The summed E-state index contributed by atoms with van der Waals surface area (Å²) in [5.41, 5.74) is 4.77. The molecule has 0 radical (unpaired) electrons. The zero-order valence-electron chi connectivity index (χ0n) is 32.3. The summed E-state index contributed by atoms with van der Waals surface area (Å²) in [6.07, 6.45) is 33.1. The number of benzene rings is 2. The number of hydrogen-bond acceptors (Lipinski definition) is 2. The van der Waals surface area contributed by atoms with Crippen molar-refractivity contribution in [1.29, 1.82) is 0 Å². The third-order valence-corrected chi connectivity index (χ3v) is 9.17. The molecule has 0 aliphatic carbocycles. The number of nitrogens with zero attached hydrogens (tertiary/aromatic N) is 2. The van der Waals surface area contributed by atoms with E-state index in [4.69, 9.17) is 9.98 Å². The van der Waals surface area contributed by atoms with Crippen LogP contribution in [0.2, 0.25) is 0 Å². The van der Waals surface area contributed by atoms with Crippen molar-refractivity contribution in [3.63, 3.8) is 0 Å². The molecule has 0 aliphatic rings. The van der Waals surface area contributed by atoms with Crippen molar-refractivity contribution < 1.29 is 16.5 Å². The Morgan fingerprint density at radius 2 is 0.900 bits per heavy atom. The second-order valence-electron chi connectivity index (χ2n) is 13.8. The van der Waals surface area contributed by atoms with Crippen LogP contribution in [0.4, 0.5) is 11.4 Å². The van der Waals surface area contributed by atoms with Gasteiger partial charge in [-0.15, -0.1) is 0 Å². The second kappa shape index (κ2) is 33.5. The molecule has 50 heavy (non-hydrogen) atoms. The summed E-state index contributed by atoms with van der Waals surface area (Å²) in [4.78, 5) is 10.2. The van der Waals surface area contributed by atoms with Gasteiger partial charge in [0.25, 0.3) is 0 Å². The molecule has 0 aromatic heterocycles. The fraction of sp³-hybridized carbons (Fsp3) is 0.617. The molecule has 0 amide bonds. The zero-order valence-corrected chi connectivity index (χ0v) is 33.3. The number of unbranched alkanes of at least 4 members (excludes halogenated alkanes) is 22. The van der Waals surface area contributed by atoms with Crippen LogP contribution in [0, 0.1) is 23.7 Å². The number of aliphatic imine (C=N–C) groups is 2. The van der Waals surface area contributed by atoms with Crippen LogP contribution < -0.4 is 0 Å². The first kappa shape index (κ1) is 45.4. The molecule has 0 aliphatic heterocycles. The van der Waals surface area contributed by atoms with Crippen molar-refractivity contribution in [3.8, 4) is 23.7 Å². The summed E-state index contributed by atoms with van der Waals surface area (Å²) in [6.45, 7) is 6.83. The summed E-state index contributed by atoms with van der Waals surface area (Å²) in [5.74, 6) is 13.7. The van der Waals surface area contributed by atoms with Gasteiger partial charge in [-0.2, -0.15) is 0 Å². The Bertz CT molecular complexity index is 1250. The molecular formula is C47H70N2Ni. The first-order chi connectivity index (χ1) is 24.3. The number of para-hydroxylation sites is 1. The molecule has 0 saturated heterocycles. The van der Waals surface area contributed by atoms with Crippen LogP contribution in [0.1, 0.15) is 193 Å². The molecule has 0 N–H and O–H groups in total. The van der Waals surface area contributed by atoms with Gasteiger partial charge >= 0.3 is 0 Å². The maximum absolute atomic E-state index is 5.11. The third kappa shape index (κ3) is 24.5. The van der Waals surface area contributed by atoms with Crippen LogP contribution in [0.25, 0.3) is 0 Å². The van der Waals surface area contributed by atoms with Crippen molar-refractivity contribution in [2.45, 2.75) is 188 Å². The van der Waals surface area contributed by atoms with Crippen LogP contribution in [0.3, 0.4) is 0 Å². The van der Waals surface area contributed by atoms with Gasteiger partial charge in [0.05, 0.1) is 17.1 Å². The van der Waals surface area contributed by atoms with Gasteiger partial charge in [0.1, 0.15) is 5.71 Å². The van der Waals surface area contributed by atoms with Crippen LogP contribution in [-0.4, -0.2) is 11.4 Å². The minimum Gasteiger partial charge on any atom is -0.251 e. The average Bonchev–Trinajstić information content (AvgIpc) is 3.13. The van der Waals surface area contributed by atoms with Crippen LogP contribution in [-0.2, 0) is 16.5 Å². The second-order valence-corrected chi connectivity index (χ2v) is 13.8. The summed E-state index contributed by atoms with van der Waals surface area (Å²) in [5, 5.41) is 0. The fourth-order valence-corrected chi connectivity index (χ4v) is 6.05. The van der Waals surface area contributed by atoms with Gasteiger partial charge in [0.2, 0.25) is 0 Å². The van der Waals surface area contributed by atoms with Gasteiger partial charge in [0.15, 0.2) is 0 Å². The standard InChI is InChI=1S/C47H70N2.Ni/c1-4-7-10-13-16-17-18-19-20-21-22-24-25-29-34-43-39-41-45(42-40-43)49-47(38-33-27-23-14-11-8-5-2)46(37-32-26-15-12-9-6-3)48-44-35-30-28-31-36-44;/h28,30-31,35-36,39-42H,4-27,32,37H2,1-3H3;. The van der Waals surface area contributed by atoms with E-state index >= 15 is 0 Å².